The normalized spacial score (nSPS) is 10.9. The van der Waals surface area contributed by atoms with Crippen LogP contribution in [0.3, 0.4) is 0 Å². The lowest BCUT2D eigenvalue weighted by molar-refractivity contribution is 0.0984. The first kappa shape index (κ1) is 14.3. The van der Waals surface area contributed by atoms with Crippen LogP contribution in [0.1, 0.15) is 28.7 Å². The molecule has 0 fully saturated rings. The van der Waals surface area contributed by atoms with Gasteiger partial charge in [0.2, 0.25) is 0 Å². The zero-order chi connectivity index (χ0) is 15.7. The fourth-order valence-corrected chi connectivity index (χ4v) is 2.63. The van der Waals surface area contributed by atoms with Crippen LogP contribution in [0, 0.1) is 13.8 Å². The number of nitrogens with zero attached hydrogens (tertiary/aromatic N) is 3. The average Bonchev–Trinajstić information content (AvgIpc) is 2.93. The van der Waals surface area contributed by atoms with Crippen LogP contribution in [-0.4, -0.2) is 21.8 Å². The molecule has 0 radical (unpaired) electrons. The Morgan fingerprint density at radius 2 is 1.95 bits per heavy atom. The molecule has 0 atom stereocenters. The molecular weight excluding hydrogens is 274 g/mol. The van der Waals surface area contributed by atoms with Crippen molar-refractivity contribution < 1.29 is 4.79 Å². The SMILES string of the molecule is CCN(C(=O)c1cn2c(C)cccc2n1)c1cccc(C)c1. The van der Waals surface area contributed by atoms with Gasteiger partial charge in [-0.15, -0.1) is 0 Å². The largest absolute Gasteiger partial charge is 0.307 e. The average molecular weight is 293 g/mol. The van der Waals surface area contributed by atoms with Gasteiger partial charge >= 0.3 is 0 Å². The summed E-state index contributed by atoms with van der Waals surface area (Å²) in [6.07, 6.45) is 1.81. The van der Waals surface area contributed by atoms with Crippen LogP contribution >= 0.6 is 0 Å². The number of benzene rings is 1. The minimum Gasteiger partial charge on any atom is -0.307 e. The number of carbonyl (C=O) groups is 1. The van der Waals surface area contributed by atoms with E-state index in [4.69, 9.17) is 0 Å². The van der Waals surface area contributed by atoms with E-state index in [0.717, 1.165) is 22.6 Å². The molecule has 0 spiro atoms. The maximum absolute atomic E-state index is 12.8. The molecule has 0 unspecified atom stereocenters. The lowest BCUT2D eigenvalue weighted by atomic mass is 10.2. The van der Waals surface area contributed by atoms with Crippen LogP contribution in [-0.2, 0) is 0 Å². The first-order valence-electron chi connectivity index (χ1n) is 7.43. The summed E-state index contributed by atoms with van der Waals surface area (Å²) >= 11 is 0. The van der Waals surface area contributed by atoms with Gasteiger partial charge < -0.3 is 9.30 Å². The van der Waals surface area contributed by atoms with E-state index in [2.05, 4.69) is 4.98 Å². The van der Waals surface area contributed by atoms with E-state index in [1.807, 2.05) is 73.8 Å². The summed E-state index contributed by atoms with van der Waals surface area (Å²) < 4.78 is 1.94. The van der Waals surface area contributed by atoms with Crippen molar-refractivity contribution in [2.24, 2.45) is 0 Å². The van der Waals surface area contributed by atoms with Gasteiger partial charge in [-0.25, -0.2) is 4.98 Å². The standard InChI is InChI=1S/C18H19N3O/c1-4-20(15-9-5-7-13(2)11-15)18(22)16-12-21-14(3)8-6-10-17(21)19-16/h5-12H,4H2,1-3H3. The van der Waals surface area contributed by atoms with Crippen molar-refractivity contribution in [2.75, 3.05) is 11.4 Å². The molecule has 22 heavy (non-hydrogen) atoms. The molecule has 3 rings (SSSR count). The molecule has 0 aliphatic heterocycles. The summed E-state index contributed by atoms with van der Waals surface area (Å²) in [6, 6.07) is 13.8. The first-order chi connectivity index (χ1) is 10.6. The van der Waals surface area contributed by atoms with Gasteiger partial charge in [-0.1, -0.05) is 18.2 Å². The third-order valence-corrected chi connectivity index (χ3v) is 3.79. The van der Waals surface area contributed by atoms with Gasteiger partial charge in [0.1, 0.15) is 11.3 Å². The minimum absolute atomic E-state index is 0.0730. The molecule has 0 aliphatic carbocycles. The highest BCUT2D eigenvalue weighted by atomic mass is 16.2. The molecule has 0 saturated carbocycles. The maximum Gasteiger partial charge on any atom is 0.278 e. The summed E-state index contributed by atoms with van der Waals surface area (Å²) in [5.41, 5.74) is 4.36. The van der Waals surface area contributed by atoms with Crippen molar-refractivity contribution >= 4 is 17.2 Å². The summed E-state index contributed by atoms with van der Waals surface area (Å²) in [5, 5.41) is 0. The Balaban J connectivity index is 2.01. The predicted molar refractivity (Wildman–Crippen MR) is 88.5 cm³/mol. The van der Waals surface area contributed by atoms with Crippen LogP contribution in [0.25, 0.3) is 5.65 Å². The summed E-state index contributed by atoms with van der Waals surface area (Å²) in [7, 11) is 0. The Morgan fingerprint density at radius 1 is 1.18 bits per heavy atom. The van der Waals surface area contributed by atoms with Crippen molar-refractivity contribution in [3.63, 3.8) is 0 Å². The van der Waals surface area contributed by atoms with Crippen LogP contribution in [0.2, 0.25) is 0 Å². The van der Waals surface area contributed by atoms with Crippen LogP contribution in [0.4, 0.5) is 5.69 Å². The minimum atomic E-state index is -0.0730. The van der Waals surface area contributed by atoms with Gasteiger partial charge in [-0.2, -0.15) is 0 Å². The van der Waals surface area contributed by atoms with E-state index < -0.39 is 0 Å². The van der Waals surface area contributed by atoms with Gasteiger partial charge in [0, 0.05) is 24.1 Å². The quantitative estimate of drug-likeness (QED) is 0.739. The number of hydrogen-bond donors (Lipinski definition) is 0. The van der Waals surface area contributed by atoms with Crippen molar-refractivity contribution in [1.82, 2.24) is 9.38 Å². The Bertz CT molecular complexity index is 835. The number of imidazole rings is 1. The number of aryl methyl sites for hydroxylation is 2. The Labute approximate surface area is 130 Å². The summed E-state index contributed by atoms with van der Waals surface area (Å²) in [4.78, 5) is 19.0. The van der Waals surface area contributed by atoms with Gasteiger partial charge in [0.25, 0.3) is 5.91 Å². The highest BCUT2D eigenvalue weighted by molar-refractivity contribution is 6.05. The number of amides is 1. The summed E-state index contributed by atoms with van der Waals surface area (Å²) in [6.45, 7) is 6.60. The van der Waals surface area contributed by atoms with Crippen molar-refractivity contribution in [3.8, 4) is 0 Å². The molecule has 2 aromatic heterocycles. The number of carbonyl (C=O) groups excluding carboxylic acids is 1. The highest BCUT2D eigenvalue weighted by Gasteiger charge is 2.19. The zero-order valence-corrected chi connectivity index (χ0v) is 13.1. The van der Waals surface area contributed by atoms with E-state index >= 15 is 0 Å². The molecule has 2 heterocycles. The van der Waals surface area contributed by atoms with E-state index in [1.165, 1.54) is 0 Å². The molecule has 1 aromatic carbocycles. The number of anilines is 1. The third kappa shape index (κ3) is 2.48. The molecule has 0 bridgehead atoms. The van der Waals surface area contributed by atoms with Crippen molar-refractivity contribution in [1.29, 1.82) is 0 Å². The zero-order valence-electron chi connectivity index (χ0n) is 13.1. The molecule has 3 aromatic rings. The Hall–Kier alpha value is -2.62. The van der Waals surface area contributed by atoms with E-state index in [0.29, 0.717) is 12.2 Å². The third-order valence-electron chi connectivity index (χ3n) is 3.79. The van der Waals surface area contributed by atoms with Crippen LogP contribution in [0.15, 0.2) is 48.7 Å². The predicted octanol–water partition coefficient (Wildman–Crippen LogP) is 3.62. The second-order valence-electron chi connectivity index (χ2n) is 5.41. The number of pyridine rings is 1. The molecule has 112 valence electrons. The molecule has 0 aliphatic rings. The molecule has 0 saturated heterocycles. The molecule has 1 amide bonds. The van der Waals surface area contributed by atoms with Crippen LogP contribution < -0.4 is 4.90 Å². The number of rotatable bonds is 3. The van der Waals surface area contributed by atoms with Gasteiger partial charge in [0.05, 0.1) is 0 Å². The number of hydrogen-bond acceptors (Lipinski definition) is 2. The lowest BCUT2D eigenvalue weighted by Gasteiger charge is -2.20. The van der Waals surface area contributed by atoms with Gasteiger partial charge in [0.15, 0.2) is 0 Å². The fourth-order valence-electron chi connectivity index (χ4n) is 2.63. The van der Waals surface area contributed by atoms with Crippen LogP contribution in [0.5, 0.6) is 0 Å². The van der Waals surface area contributed by atoms with E-state index in [1.54, 1.807) is 4.90 Å². The topological polar surface area (TPSA) is 37.6 Å². The highest BCUT2D eigenvalue weighted by Crippen LogP contribution is 2.19. The molecular formula is C18H19N3O. The summed E-state index contributed by atoms with van der Waals surface area (Å²) in [5.74, 6) is -0.0730. The van der Waals surface area contributed by atoms with E-state index in [-0.39, 0.29) is 5.91 Å². The van der Waals surface area contributed by atoms with Crippen molar-refractivity contribution in [3.05, 3.63) is 65.6 Å². The van der Waals surface area contributed by atoms with Gasteiger partial charge in [-0.3, -0.25) is 4.79 Å². The second kappa shape index (κ2) is 5.64. The smallest absolute Gasteiger partial charge is 0.278 e. The van der Waals surface area contributed by atoms with E-state index in [9.17, 15) is 4.79 Å². The maximum atomic E-state index is 12.8. The molecule has 4 nitrogen and oxygen atoms in total. The van der Waals surface area contributed by atoms with Gasteiger partial charge in [-0.05, 0) is 50.6 Å². The Kier molecular flexibility index (Phi) is 3.67. The second-order valence-corrected chi connectivity index (χ2v) is 5.41. The molecule has 0 N–H and O–H groups in total. The van der Waals surface area contributed by atoms with Crippen molar-refractivity contribution in [2.45, 2.75) is 20.8 Å². The Morgan fingerprint density at radius 3 is 2.64 bits per heavy atom. The lowest BCUT2D eigenvalue weighted by Crippen LogP contribution is -2.30. The fraction of sp³-hybridized carbons (Fsp3) is 0.222. The monoisotopic (exact) mass is 293 g/mol. The molecule has 4 heteroatoms. The first-order valence-corrected chi connectivity index (χ1v) is 7.43. The number of aromatic nitrogens is 2. The number of fused-ring (bicyclic) bond motifs is 1.